The Kier molecular flexibility index (Phi) is 6.28. The molecule has 0 unspecified atom stereocenters. The smallest absolute Gasteiger partial charge is 0.251 e. The highest BCUT2D eigenvalue weighted by molar-refractivity contribution is 5.98. The first-order valence-electron chi connectivity index (χ1n) is 9.79. The second-order valence-electron chi connectivity index (χ2n) is 7.63. The third kappa shape index (κ3) is 4.97. The van der Waals surface area contributed by atoms with Crippen LogP contribution in [0.2, 0.25) is 0 Å². The molecule has 1 atom stereocenters. The van der Waals surface area contributed by atoms with Crippen LogP contribution in [0.4, 0.5) is 0 Å². The Balaban J connectivity index is 1.70. The SMILES string of the molecule is CC(C)C[C@H](NC(=O)c1ccc(-c2ccccc2)cc1)C(=O)N1CCCC1. The van der Waals surface area contributed by atoms with Crippen molar-refractivity contribution in [1.82, 2.24) is 10.2 Å². The minimum atomic E-state index is -0.454. The van der Waals surface area contributed by atoms with E-state index in [-0.39, 0.29) is 11.8 Å². The second-order valence-corrected chi connectivity index (χ2v) is 7.63. The molecule has 0 aliphatic carbocycles. The number of nitrogens with zero attached hydrogens (tertiary/aromatic N) is 1. The Morgan fingerprint density at radius 3 is 2.11 bits per heavy atom. The van der Waals surface area contributed by atoms with E-state index >= 15 is 0 Å². The van der Waals surface area contributed by atoms with Crippen molar-refractivity contribution in [3.8, 4) is 11.1 Å². The van der Waals surface area contributed by atoms with Crippen LogP contribution in [0.1, 0.15) is 43.5 Å². The van der Waals surface area contributed by atoms with Crippen molar-refractivity contribution in [2.75, 3.05) is 13.1 Å². The highest BCUT2D eigenvalue weighted by Crippen LogP contribution is 2.20. The summed E-state index contributed by atoms with van der Waals surface area (Å²) in [5.41, 5.74) is 2.77. The van der Waals surface area contributed by atoms with Gasteiger partial charge in [-0.05, 0) is 48.4 Å². The lowest BCUT2D eigenvalue weighted by atomic mass is 10.0. The Morgan fingerprint density at radius 2 is 1.52 bits per heavy atom. The highest BCUT2D eigenvalue weighted by Gasteiger charge is 2.28. The summed E-state index contributed by atoms with van der Waals surface area (Å²) in [5, 5.41) is 2.97. The van der Waals surface area contributed by atoms with Crippen LogP contribution in [0.3, 0.4) is 0 Å². The van der Waals surface area contributed by atoms with Crippen molar-refractivity contribution in [2.24, 2.45) is 5.92 Å². The molecule has 2 aromatic rings. The van der Waals surface area contributed by atoms with Gasteiger partial charge in [-0.3, -0.25) is 9.59 Å². The van der Waals surface area contributed by atoms with E-state index in [1.165, 1.54) is 0 Å². The minimum Gasteiger partial charge on any atom is -0.341 e. The zero-order chi connectivity index (χ0) is 19.2. The molecule has 0 spiro atoms. The lowest BCUT2D eigenvalue weighted by molar-refractivity contribution is -0.132. The maximum absolute atomic E-state index is 12.8. The standard InChI is InChI=1S/C23H28N2O2/c1-17(2)16-21(23(27)25-14-6-7-15-25)24-22(26)20-12-10-19(11-13-20)18-8-4-3-5-9-18/h3-5,8-13,17,21H,6-7,14-16H2,1-2H3,(H,24,26)/t21-/m0/s1. The molecule has 142 valence electrons. The van der Waals surface area contributed by atoms with Crippen LogP contribution in [-0.2, 0) is 4.79 Å². The summed E-state index contributed by atoms with van der Waals surface area (Å²) in [6.45, 7) is 5.75. The minimum absolute atomic E-state index is 0.0513. The van der Waals surface area contributed by atoms with Crippen LogP contribution < -0.4 is 5.32 Å². The Bertz CT molecular complexity index is 763. The van der Waals surface area contributed by atoms with Gasteiger partial charge in [-0.2, -0.15) is 0 Å². The van der Waals surface area contributed by atoms with E-state index in [9.17, 15) is 9.59 Å². The number of benzene rings is 2. The maximum atomic E-state index is 12.8. The van der Waals surface area contributed by atoms with Crippen molar-refractivity contribution < 1.29 is 9.59 Å². The van der Waals surface area contributed by atoms with Gasteiger partial charge in [0.15, 0.2) is 0 Å². The van der Waals surface area contributed by atoms with Crippen molar-refractivity contribution in [2.45, 2.75) is 39.2 Å². The number of carbonyl (C=O) groups excluding carboxylic acids is 2. The van der Waals surface area contributed by atoms with Crippen molar-refractivity contribution >= 4 is 11.8 Å². The van der Waals surface area contributed by atoms with Crippen LogP contribution in [0.5, 0.6) is 0 Å². The quantitative estimate of drug-likeness (QED) is 0.838. The summed E-state index contributed by atoms with van der Waals surface area (Å²) in [7, 11) is 0. The largest absolute Gasteiger partial charge is 0.341 e. The van der Waals surface area contributed by atoms with Gasteiger partial charge in [0, 0.05) is 18.7 Å². The molecule has 0 saturated carbocycles. The first-order valence-corrected chi connectivity index (χ1v) is 9.79. The van der Waals surface area contributed by atoms with Gasteiger partial charge in [-0.15, -0.1) is 0 Å². The van der Waals surface area contributed by atoms with Crippen molar-refractivity contribution in [1.29, 1.82) is 0 Å². The number of likely N-dealkylation sites (tertiary alicyclic amines) is 1. The molecule has 1 aliphatic rings. The zero-order valence-electron chi connectivity index (χ0n) is 16.2. The topological polar surface area (TPSA) is 49.4 Å². The molecule has 0 aromatic heterocycles. The molecule has 4 nitrogen and oxygen atoms in total. The van der Waals surface area contributed by atoms with Crippen LogP contribution in [0.15, 0.2) is 54.6 Å². The monoisotopic (exact) mass is 364 g/mol. The lowest BCUT2D eigenvalue weighted by Crippen LogP contribution is -2.48. The van der Waals surface area contributed by atoms with E-state index in [1.54, 1.807) is 0 Å². The van der Waals surface area contributed by atoms with Gasteiger partial charge < -0.3 is 10.2 Å². The lowest BCUT2D eigenvalue weighted by Gasteiger charge is -2.25. The van der Waals surface area contributed by atoms with Gasteiger partial charge in [-0.25, -0.2) is 0 Å². The molecular weight excluding hydrogens is 336 g/mol. The van der Waals surface area contributed by atoms with E-state index < -0.39 is 6.04 Å². The van der Waals surface area contributed by atoms with Crippen molar-refractivity contribution in [3.05, 3.63) is 60.2 Å². The van der Waals surface area contributed by atoms with E-state index in [0.717, 1.165) is 37.1 Å². The van der Waals surface area contributed by atoms with Crippen LogP contribution in [-0.4, -0.2) is 35.8 Å². The maximum Gasteiger partial charge on any atom is 0.251 e. The summed E-state index contributed by atoms with van der Waals surface area (Å²) in [6.07, 6.45) is 2.76. The molecular formula is C23H28N2O2. The van der Waals surface area contributed by atoms with Crippen LogP contribution >= 0.6 is 0 Å². The molecule has 0 radical (unpaired) electrons. The van der Waals surface area contributed by atoms with Gasteiger partial charge in [0.1, 0.15) is 6.04 Å². The van der Waals surface area contributed by atoms with Crippen LogP contribution in [0.25, 0.3) is 11.1 Å². The first kappa shape index (κ1) is 19.2. The molecule has 2 aromatic carbocycles. The second kappa shape index (κ2) is 8.85. The Hall–Kier alpha value is -2.62. The molecule has 1 saturated heterocycles. The number of hydrogen-bond donors (Lipinski definition) is 1. The summed E-state index contributed by atoms with van der Waals surface area (Å²) < 4.78 is 0. The fourth-order valence-corrected chi connectivity index (χ4v) is 3.54. The number of amides is 2. The molecule has 27 heavy (non-hydrogen) atoms. The summed E-state index contributed by atoms with van der Waals surface area (Å²) in [4.78, 5) is 27.4. The van der Waals surface area contributed by atoms with Gasteiger partial charge in [0.2, 0.25) is 5.91 Å². The van der Waals surface area contributed by atoms with E-state index in [0.29, 0.717) is 17.9 Å². The molecule has 4 heteroatoms. The summed E-state index contributed by atoms with van der Waals surface area (Å²) in [5.74, 6) is 0.200. The number of carbonyl (C=O) groups is 2. The molecule has 2 amide bonds. The molecule has 1 heterocycles. The van der Waals surface area contributed by atoms with Gasteiger partial charge in [-0.1, -0.05) is 56.3 Å². The molecule has 3 rings (SSSR count). The number of hydrogen-bond acceptors (Lipinski definition) is 2. The Labute approximate surface area is 161 Å². The van der Waals surface area contributed by atoms with Gasteiger partial charge in [0.25, 0.3) is 5.91 Å². The average Bonchev–Trinajstić information content (AvgIpc) is 3.22. The fraction of sp³-hybridized carbons (Fsp3) is 0.391. The first-order chi connectivity index (χ1) is 13.0. The van der Waals surface area contributed by atoms with E-state index in [2.05, 4.69) is 19.2 Å². The molecule has 1 aliphatic heterocycles. The summed E-state index contributed by atoms with van der Waals surface area (Å²) >= 11 is 0. The zero-order valence-corrected chi connectivity index (χ0v) is 16.2. The Morgan fingerprint density at radius 1 is 0.926 bits per heavy atom. The predicted molar refractivity (Wildman–Crippen MR) is 108 cm³/mol. The van der Waals surface area contributed by atoms with Crippen molar-refractivity contribution in [3.63, 3.8) is 0 Å². The summed E-state index contributed by atoms with van der Waals surface area (Å²) in [6, 6.07) is 17.2. The average molecular weight is 364 g/mol. The van der Waals surface area contributed by atoms with E-state index in [4.69, 9.17) is 0 Å². The van der Waals surface area contributed by atoms with Gasteiger partial charge >= 0.3 is 0 Å². The van der Waals surface area contributed by atoms with Gasteiger partial charge in [0.05, 0.1) is 0 Å². The molecule has 1 N–H and O–H groups in total. The van der Waals surface area contributed by atoms with Crippen LogP contribution in [0, 0.1) is 5.92 Å². The normalized spacial score (nSPS) is 15.0. The third-order valence-electron chi connectivity index (χ3n) is 4.98. The molecule has 1 fully saturated rings. The van der Waals surface area contributed by atoms with E-state index in [1.807, 2.05) is 59.5 Å². The third-order valence-corrected chi connectivity index (χ3v) is 4.98. The predicted octanol–water partition coefficient (Wildman–Crippen LogP) is 4.12. The number of rotatable bonds is 6. The fourth-order valence-electron chi connectivity index (χ4n) is 3.54. The number of nitrogens with one attached hydrogen (secondary N) is 1. The highest BCUT2D eigenvalue weighted by atomic mass is 16.2. The molecule has 0 bridgehead atoms.